The van der Waals surface area contributed by atoms with Gasteiger partial charge in [0.05, 0.1) is 0 Å². The average molecular weight is 417 g/mol. The second-order valence-corrected chi connectivity index (χ2v) is 7.70. The smallest absolute Gasteiger partial charge is 0.319 e. The number of carbonyl (C=O) groups excluding carboxylic acids is 2. The number of nitrogens with zero attached hydrogens (tertiary/aromatic N) is 1. The molecule has 4 rings (SSSR count). The Morgan fingerprint density at radius 3 is 2.19 bits per heavy atom. The quantitative estimate of drug-likeness (QED) is 0.619. The molecule has 1 aliphatic heterocycles. The molecule has 0 aromatic heterocycles. The fraction of sp³-hybridized carbons (Fsp3) is 0.200. The van der Waals surface area contributed by atoms with E-state index in [1.807, 2.05) is 55.5 Å². The molecule has 0 saturated carbocycles. The van der Waals surface area contributed by atoms with E-state index in [0.717, 1.165) is 28.8 Å². The molecular weight excluding hydrogens is 393 g/mol. The van der Waals surface area contributed by atoms with Crippen molar-refractivity contribution in [3.8, 4) is 11.1 Å². The van der Waals surface area contributed by atoms with E-state index >= 15 is 0 Å². The average Bonchev–Trinajstić information content (AvgIpc) is 2.78. The van der Waals surface area contributed by atoms with Crippen LogP contribution in [-0.2, 0) is 4.79 Å². The van der Waals surface area contributed by atoms with Crippen molar-refractivity contribution in [2.24, 2.45) is 0 Å². The van der Waals surface area contributed by atoms with Crippen LogP contribution in [0.25, 0.3) is 11.1 Å². The molecule has 0 aliphatic carbocycles. The number of rotatable bonds is 4. The first-order chi connectivity index (χ1) is 15.0. The molecule has 2 N–H and O–H groups in total. The maximum Gasteiger partial charge on any atom is 0.319 e. The maximum absolute atomic E-state index is 13.1. The summed E-state index contributed by atoms with van der Waals surface area (Å²) in [5.74, 6) is -0.399. The fourth-order valence-corrected chi connectivity index (χ4v) is 3.70. The summed E-state index contributed by atoms with van der Waals surface area (Å²) >= 11 is 0. The summed E-state index contributed by atoms with van der Waals surface area (Å²) in [6, 6.07) is 20.4. The number of urea groups is 1. The third kappa shape index (κ3) is 4.91. The minimum atomic E-state index is -0.573. The zero-order chi connectivity index (χ0) is 21.8. The van der Waals surface area contributed by atoms with E-state index in [2.05, 4.69) is 10.6 Å². The highest BCUT2D eigenvalue weighted by atomic mass is 19.1. The molecule has 158 valence electrons. The van der Waals surface area contributed by atoms with Crippen LogP contribution in [0.4, 0.5) is 20.6 Å². The molecule has 0 bridgehead atoms. The number of amides is 3. The zero-order valence-electron chi connectivity index (χ0n) is 17.3. The van der Waals surface area contributed by atoms with Gasteiger partial charge in [0.15, 0.2) is 0 Å². The number of hydrogen-bond donors (Lipinski definition) is 2. The number of carbonyl (C=O) groups is 2. The number of anilines is 2. The standard InChI is InChI=1S/C25H24FN3O2/c1-17-4-12-21(13-5-17)27-25(31)28-23-3-2-16-29(24(23)30)22-14-8-19(9-15-22)18-6-10-20(26)11-7-18/h4-15,23H,2-3,16H2,1H3,(H2,27,28,31). The molecule has 1 unspecified atom stereocenters. The molecular formula is C25H24FN3O2. The molecule has 0 spiro atoms. The summed E-state index contributed by atoms with van der Waals surface area (Å²) in [5, 5.41) is 5.57. The number of benzene rings is 3. The Balaban J connectivity index is 1.41. The lowest BCUT2D eigenvalue weighted by molar-refractivity contribution is -0.121. The summed E-state index contributed by atoms with van der Waals surface area (Å²) in [7, 11) is 0. The minimum absolute atomic E-state index is 0.125. The molecule has 1 saturated heterocycles. The monoisotopic (exact) mass is 417 g/mol. The Morgan fingerprint density at radius 2 is 1.55 bits per heavy atom. The lowest BCUT2D eigenvalue weighted by Crippen LogP contribution is -2.53. The first-order valence-corrected chi connectivity index (χ1v) is 10.3. The van der Waals surface area contributed by atoms with Gasteiger partial charge in [-0.05, 0) is 67.3 Å². The lowest BCUT2D eigenvalue weighted by Gasteiger charge is -2.32. The molecule has 5 nitrogen and oxygen atoms in total. The van der Waals surface area contributed by atoms with Crippen LogP contribution in [0, 0.1) is 12.7 Å². The van der Waals surface area contributed by atoms with Crippen molar-refractivity contribution in [1.82, 2.24) is 5.32 Å². The second-order valence-electron chi connectivity index (χ2n) is 7.70. The van der Waals surface area contributed by atoms with Gasteiger partial charge in [-0.3, -0.25) is 4.79 Å². The highest BCUT2D eigenvalue weighted by Crippen LogP contribution is 2.26. The largest absolute Gasteiger partial charge is 0.326 e. The van der Waals surface area contributed by atoms with E-state index in [0.29, 0.717) is 18.7 Å². The van der Waals surface area contributed by atoms with E-state index in [1.165, 1.54) is 12.1 Å². The molecule has 1 fully saturated rings. The van der Waals surface area contributed by atoms with Crippen LogP contribution in [-0.4, -0.2) is 24.5 Å². The Labute approximate surface area is 180 Å². The highest BCUT2D eigenvalue weighted by Gasteiger charge is 2.30. The number of nitrogens with one attached hydrogen (secondary N) is 2. The number of piperidine rings is 1. The van der Waals surface area contributed by atoms with Crippen molar-refractivity contribution in [2.75, 3.05) is 16.8 Å². The highest BCUT2D eigenvalue weighted by molar-refractivity contribution is 6.01. The number of hydrogen-bond acceptors (Lipinski definition) is 2. The van der Waals surface area contributed by atoms with Crippen molar-refractivity contribution < 1.29 is 14.0 Å². The SMILES string of the molecule is Cc1ccc(NC(=O)NC2CCCN(c3ccc(-c4ccc(F)cc4)cc3)C2=O)cc1. The molecule has 1 atom stereocenters. The molecule has 0 radical (unpaired) electrons. The number of halogens is 1. The zero-order valence-corrected chi connectivity index (χ0v) is 17.3. The van der Waals surface area contributed by atoms with E-state index in [-0.39, 0.29) is 11.7 Å². The molecule has 31 heavy (non-hydrogen) atoms. The summed E-state index contributed by atoms with van der Waals surface area (Å²) in [6.07, 6.45) is 1.39. The van der Waals surface area contributed by atoms with Crippen LogP contribution < -0.4 is 15.5 Å². The van der Waals surface area contributed by atoms with E-state index in [4.69, 9.17) is 0 Å². The van der Waals surface area contributed by atoms with E-state index in [9.17, 15) is 14.0 Å². The van der Waals surface area contributed by atoms with Gasteiger partial charge >= 0.3 is 6.03 Å². The van der Waals surface area contributed by atoms with Gasteiger partial charge in [-0.25, -0.2) is 9.18 Å². The first-order valence-electron chi connectivity index (χ1n) is 10.3. The Morgan fingerprint density at radius 1 is 0.935 bits per heavy atom. The van der Waals surface area contributed by atoms with Crippen molar-refractivity contribution in [3.63, 3.8) is 0 Å². The van der Waals surface area contributed by atoms with Crippen molar-refractivity contribution in [3.05, 3.63) is 84.2 Å². The molecule has 3 aromatic carbocycles. The normalized spacial score (nSPS) is 16.1. The third-order valence-corrected chi connectivity index (χ3v) is 5.41. The fourth-order valence-electron chi connectivity index (χ4n) is 3.70. The van der Waals surface area contributed by atoms with Crippen LogP contribution in [0.15, 0.2) is 72.8 Å². The topological polar surface area (TPSA) is 61.4 Å². The molecule has 6 heteroatoms. The number of aryl methyl sites for hydroxylation is 1. The van der Waals surface area contributed by atoms with Gasteiger partial charge in [-0.1, -0.05) is 42.0 Å². The predicted octanol–water partition coefficient (Wildman–Crippen LogP) is 5.12. The van der Waals surface area contributed by atoms with E-state index in [1.54, 1.807) is 17.0 Å². The van der Waals surface area contributed by atoms with Gasteiger partial charge in [0.1, 0.15) is 11.9 Å². The Kier molecular flexibility index (Phi) is 5.98. The van der Waals surface area contributed by atoms with Gasteiger partial charge in [-0.15, -0.1) is 0 Å². The minimum Gasteiger partial charge on any atom is -0.326 e. The van der Waals surface area contributed by atoms with Gasteiger partial charge in [0.2, 0.25) is 5.91 Å². The van der Waals surface area contributed by atoms with Gasteiger partial charge < -0.3 is 15.5 Å². The summed E-state index contributed by atoms with van der Waals surface area (Å²) < 4.78 is 13.1. The third-order valence-electron chi connectivity index (χ3n) is 5.41. The second kappa shape index (κ2) is 9.00. The van der Waals surface area contributed by atoms with Crippen molar-refractivity contribution >= 4 is 23.3 Å². The summed E-state index contributed by atoms with van der Waals surface area (Å²) in [6.45, 7) is 2.58. The van der Waals surface area contributed by atoms with Crippen LogP contribution in [0.1, 0.15) is 18.4 Å². The first kappa shape index (κ1) is 20.6. The van der Waals surface area contributed by atoms with Crippen molar-refractivity contribution in [2.45, 2.75) is 25.8 Å². The molecule has 1 heterocycles. The summed E-state index contributed by atoms with van der Waals surface area (Å²) in [4.78, 5) is 27.1. The van der Waals surface area contributed by atoms with Gasteiger partial charge in [0.25, 0.3) is 0 Å². The Bertz CT molecular complexity index is 1060. The van der Waals surface area contributed by atoms with Crippen LogP contribution >= 0.6 is 0 Å². The Hall–Kier alpha value is -3.67. The van der Waals surface area contributed by atoms with Crippen molar-refractivity contribution in [1.29, 1.82) is 0 Å². The van der Waals surface area contributed by atoms with Gasteiger partial charge in [0, 0.05) is 17.9 Å². The lowest BCUT2D eigenvalue weighted by atomic mass is 10.0. The maximum atomic E-state index is 13.1. The molecule has 3 amide bonds. The van der Waals surface area contributed by atoms with Crippen LogP contribution in [0.3, 0.4) is 0 Å². The summed E-state index contributed by atoms with van der Waals surface area (Å²) in [5.41, 5.74) is 4.42. The van der Waals surface area contributed by atoms with E-state index < -0.39 is 12.1 Å². The molecule has 1 aliphatic rings. The predicted molar refractivity (Wildman–Crippen MR) is 121 cm³/mol. The van der Waals surface area contributed by atoms with Gasteiger partial charge in [-0.2, -0.15) is 0 Å². The molecule has 3 aromatic rings. The van der Waals surface area contributed by atoms with Crippen LogP contribution in [0.5, 0.6) is 0 Å². The van der Waals surface area contributed by atoms with Crippen LogP contribution in [0.2, 0.25) is 0 Å².